The normalized spacial score (nSPS) is 10.5. The molecule has 0 radical (unpaired) electrons. The number of aromatic nitrogens is 1. The van der Waals surface area contributed by atoms with E-state index >= 15 is 0 Å². The number of pyridine rings is 1. The Morgan fingerprint density at radius 1 is 1.24 bits per heavy atom. The van der Waals surface area contributed by atoms with Gasteiger partial charge in [-0.2, -0.15) is 0 Å². The minimum absolute atomic E-state index is 0.192. The summed E-state index contributed by atoms with van der Waals surface area (Å²) in [6.45, 7) is 3.96. The van der Waals surface area contributed by atoms with Crippen LogP contribution in [0.25, 0.3) is 0 Å². The summed E-state index contributed by atoms with van der Waals surface area (Å²) in [4.78, 5) is 24.4. The molecule has 1 heterocycles. The van der Waals surface area contributed by atoms with Crippen LogP contribution in [0, 0.1) is 13.8 Å². The number of nitrogens with one attached hydrogen (secondary N) is 1. The molecule has 0 atom stereocenters. The minimum Gasteiger partial charge on any atom is -0.348 e. The first-order valence-electron chi connectivity index (χ1n) is 6.60. The number of carbonyl (C=O) groups is 1. The quantitative estimate of drug-likeness (QED) is 0.947. The van der Waals surface area contributed by atoms with Crippen LogP contribution in [0.2, 0.25) is 5.02 Å². The molecule has 0 aliphatic carbocycles. The van der Waals surface area contributed by atoms with Gasteiger partial charge in [0.1, 0.15) is 5.56 Å². The van der Waals surface area contributed by atoms with Crippen molar-refractivity contribution in [3.05, 3.63) is 68.1 Å². The van der Waals surface area contributed by atoms with Crippen LogP contribution in [-0.2, 0) is 13.6 Å². The summed E-state index contributed by atoms with van der Waals surface area (Å²) in [7, 11) is 1.66. The van der Waals surface area contributed by atoms with Gasteiger partial charge in [0.2, 0.25) is 0 Å². The van der Waals surface area contributed by atoms with E-state index in [0.29, 0.717) is 17.1 Å². The van der Waals surface area contributed by atoms with Crippen LogP contribution in [0.1, 0.15) is 27.2 Å². The highest BCUT2D eigenvalue weighted by molar-refractivity contribution is 6.30. The van der Waals surface area contributed by atoms with Crippen molar-refractivity contribution in [3.63, 3.8) is 0 Å². The molecular weight excluding hydrogens is 288 g/mol. The van der Waals surface area contributed by atoms with Crippen molar-refractivity contribution < 1.29 is 4.79 Å². The SMILES string of the molecule is Cc1cc(C)n(C)c(=O)c1C(=O)NCc1ccc(Cl)cc1. The Morgan fingerprint density at radius 2 is 1.86 bits per heavy atom. The third-order valence-electron chi connectivity index (χ3n) is 3.46. The summed E-state index contributed by atoms with van der Waals surface area (Å²) < 4.78 is 1.48. The molecule has 5 heteroatoms. The Bertz CT molecular complexity index is 733. The molecule has 0 spiro atoms. The molecule has 0 bridgehead atoms. The molecule has 2 aromatic rings. The zero-order chi connectivity index (χ0) is 15.6. The van der Waals surface area contributed by atoms with Crippen LogP contribution in [-0.4, -0.2) is 10.5 Å². The van der Waals surface area contributed by atoms with Crippen LogP contribution >= 0.6 is 11.6 Å². The van der Waals surface area contributed by atoms with Crippen LogP contribution in [0.15, 0.2) is 35.1 Å². The number of amides is 1. The van der Waals surface area contributed by atoms with Crippen LogP contribution in [0.4, 0.5) is 0 Å². The predicted octanol–water partition coefficient (Wildman–Crippen LogP) is 2.59. The lowest BCUT2D eigenvalue weighted by molar-refractivity contribution is 0.0948. The molecule has 0 aliphatic rings. The van der Waals surface area contributed by atoms with Gasteiger partial charge in [-0.05, 0) is 43.2 Å². The summed E-state index contributed by atoms with van der Waals surface area (Å²) in [5.74, 6) is -0.358. The number of hydrogen-bond donors (Lipinski definition) is 1. The van der Waals surface area contributed by atoms with Gasteiger partial charge < -0.3 is 9.88 Å². The maximum atomic E-state index is 12.2. The lowest BCUT2D eigenvalue weighted by Crippen LogP contribution is -2.33. The Labute approximate surface area is 128 Å². The molecule has 1 N–H and O–H groups in total. The van der Waals surface area contributed by atoms with Crippen molar-refractivity contribution in [1.82, 2.24) is 9.88 Å². The Kier molecular flexibility index (Phi) is 4.48. The smallest absolute Gasteiger partial charge is 0.263 e. The maximum absolute atomic E-state index is 12.2. The van der Waals surface area contributed by atoms with E-state index < -0.39 is 0 Å². The molecule has 21 heavy (non-hydrogen) atoms. The lowest BCUT2D eigenvalue weighted by Gasteiger charge is -2.11. The molecular formula is C16H17ClN2O2. The first-order valence-corrected chi connectivity index (χ1v) is 6.98. The van der Waals surface area contributed by atoms with Gasteiger partial charge in [-0.3, -0.25) is 9.59 Å². The number of hydrogen-bond acceptors (Lipinski definition) is 2. The zero-order valence-electron chi connectivity index (χ0n) is 12.2. The van der Waals surface area contributed by atoms with Gasteiger partial charge in [-0.15, -0.1) is 0 Å². The molecule has 0 saturated carbocycles. The molecule has 1 aromatic heterocycles. The van der Waals surface area contributed by atoms with Crippen molar-refractivity contribution in [3.8, 4) is 0 Å². The second kappa shape index (κ2) is 6.14. The predicted molar refractivity (Wildman–Crippen MR) is 83.8 cm³/mol. The average Bonchev–Trinajstić information content (AvgIpc) is 2.44. The Hall–Kier alpha value is -2.07. The van der Waals surface area contributed by atoms with Gasteiger partial charge in [-0.1, -0.05) is 23.7 Å². The van der Waals surface area contributed by atoms with Gasteiger partial charge in [-0.25, -0.2) is 0 Å². The van der Waals surface area contributed by atoms with Gasteiger partial charge >= 0.3 is 0 Å². The number of benzene rings is 1. The summed E-state index contributed by atoms with van der Waals surface area (Å²) in [6, 6.07) is 9.03. The number of nitrogens with zero attached hydrogens (tertiary/aromatic N) is 1. The molecule has 0 fully saturated rings. The van der Waals surface area contributed by atoms with E-state index in [1.54, 1.807) is 26.1 Å². The third-order valence-corrected chi connectivity index (χ3v) is 3.71. The molecule has 110 valence electrons. The van der Waals surface area contributed by atoms with Crippen LogP contribution in [0.3, 0.4) is 0 Å². The van der Waals surface area contributed by atoms with E-state index in [9.17, 15) is 9.59 Å². The maximum Gasteiger partial charge on any atom is 0.263 e. The summed E-state index contributed by atoms with van der Waals surface area (Å²) in [5, 5.41) is 3.41. The third kappa shape index (κ3) is 3.34. The minimum atomic E-state index is -0.358. The molecule has 0 saturated heterocycles. The Morgan fingerprint density at radius 3 is 2.48 bits per heavy atom. The first-order chi connectivity index (χ1) is 9.90. The molecule has 0 unspecified atom stereocenters. The summed E-state index contributed by atoms with van der Waals surface area (Å²) >= 11 is 5.81. The zero-order valence-corrected chi connectivity index (χ0v) is 13.0. The van der Waals surface area contributed by atoms with E-state index in [1.165, 1.54) is 4.57 Å². The lowest BCUT2D eigenvalue weighted by atomic mass is 10.1. The van der Waals surface area contributed by atoms with Crippen molar-refractivity contribution in [1.29, 1.82) is 0 Å². The number of halogens is 1. The fourth-order valence-electron chi connectivity index (χ4n) is 2.13. The van der Waals surface area contributed by atoms with Gasteiger partial charge in [0.05, 0.1) is 0 Å². The van der Waals surface area contributed by atoms with Gasteiger partial charge in [0.25, 0.3) is 11.5 Å². The van der Waals surface area contributed by atoms with E-state index in [-0.39, 0.29) is 17.0 Å². The number of aryl methyl sites for hydroxylation is 2. The van der Waals surface area contributed by atoms with Crippen molar-refractivity contribution in [2.45, 2.75) is 20.4 Å². The van der Waals surface area contributed by atoms with Gasteiger partial charge in [0.15, 0.2) is 0 Å². The largest absolute Gasteiger partial charge is 0.348 e. The topological polar surface area (TPSA) is 51.1 Å². The highest BCUT2D eigenvalue weighted by atomic mass is 35.5. The standard InChI is InChI=1S/C16H17ClN2O2/c1-10-8-11(2)19(3)16(21)14(10)15(20)18-9-12-4-6-13(17)7-5-12/h4-8H,9H2,1-3H3,(H,18,20). The number of rotatable bonds is 3. The van der Waals surface area contributed by atoms with E-state index in [2.05, 4.69) is 5.32 Å². The first kappa shape index (κ1) is 15.3. The molecule has 0 aliphatic heterocycles. The van der Waals surface area contributed by atoms with Crippen molar-refractivity contribution in [2.75, 3.05) is 0 Å². The molecule has 1 aromatic carbocycles. The monoisotopic (exact) mass is 304 g/mol. The second-order valence-corrected chi connectivity index (χ2v) is 5.45. The van der Waals surface area contributed by atoms with Gasteiger partial charge in [0, 0.05) is 24.3 Å². The molecule has 1 amide bonds. The number of carbonyl (C=O) groups excluding carboxylic acids is 1. The van der Waals surface area contributed by atoms with Crippen molar-refractivity contribution >= 4 is 17.5 Å². The highest BCUT2D eigenvalue weighted by Gasteiger charge is 2.15. The van der Waals surface area contributed by atoms with E-state index in [0.717, 1.165) is 11.3 Å². The van der Waals surface area contributed by atoms with E-state index in [4.69, 9.17) is 11.6 Å². The average molecular weight is 305 g/mol. The highest BCUT2D eigenvalue weighted by Crippen LogP contribution is 2.10. The fraction of sp³-hybridized carbons (Fsp3) is 0.250. The van der Waals surface area contributed by atoms with Crippen LogP contribution < -0.4 is 10.9 Å². The fourth-order valence-corrected chi connectivity index (χ4v) is 2.25. The Balaban J connectivity index is 2.20. The van der Waals surface area contributed by atoms with Crippen molar-refractivity contribution in [2.24, 2.45) is 7.05 Å². The molecule has 2 rings (SSSR count). The molecule has 4 nitrogen and oxygen atoms in total. The summed E-state index contributed by atoms with van der Waals surface area (Å²) in [5.41, 5.74) is 2.35. The summed E-state index contributed by atoms with van der Waals surface area (Å²) in [6.07, 6.45) is 0. The van der Waals surface area contributed by atoms with E-state index in [1.807, 2.05) is 25.1 Å². The van der Waals surface area contributed by atoms with Crippen LogP contribution in [0.5, 0.6) is 0 Å². The second-order valence-electron chi connectivity index (χ2n) is 5.02.